The Morgan fingerprint density at radius 2 is 1.77 bits per heavy atom. The van der Waals surface area contributed by atoms with Gasteiger partial charge in [-0.2, -0.15) is 0 Å². The molecule has 7 heteroatoms. The Balaban J connectivity index is 1.69. The van der Waals surface area contributed by atoms with Crippen LogP contribution in [-0.2, 0) is 16.1 Å². The van der Waals surface area contributed by atoms with Gasteiger partial charge in [0.15, 0.2) is 6.61 Å². The second-order valence-corrected chi connectivity index (χ2v) is 8.80. The Morgan fingerprint density at radius 1 is 1.13 bits per heavy atom. The van der Waals surface area contributed by atoms with Crippen molar-refractivity contribution in [3.63, 3.8) is 0 Å². The molecule has 0 heterocycles. The van der Waals surface area contributed by atoms with Gasteiger partial charge in [-0.1, -0.05) is 25.0 Å². The molecule has 0 saturated heterocycles. The summed E-state index contributed by atoms with van der Waals surface area (Å²) in [6.07, 6.45) is 4.17. The molecule has 2 aromatic rings. The molecule has 0 bridgehead atoms. The van der Waals surface area contributed by atoms with E-state index in [0.29, 0.717) is 5.75 Å². The minimum Gasteiger partial charge on any atom is -0.484 e. The predicted octanol–water partition coefficient (Wildman–Crippen LogP) is 4.29. The number of hydrogen-bond donors (Lipinski definition) is 1. The summed E-state index contributed by atoms with van der Waals surface area (Å²) in [5.74, 6) is -0.224. The second kappa shape index (κ2) is 10.7. The van der Waals surface area contributed by atoms with E-state index in [2.05, 4.69) is 27.9 Å². The molecule has 5 nitrogen and oxygen atoms in total. The van der Waals surface area contributed by atoms with Gasteiger partial charge in [0.05, 0.1) is 0 Å². The van der Waals surface area contributed by atoms with Crippen LogP contribution in [0.1, 0.15) is 38.2 Å². The molecule has 30 heavy (non-hydrogen) atoms. The molecule has 2 aromatic carbocycles. The third-order valence-corrected chi connectivity index (χ3v) is 6.03. The van der Waals surface area contributed by atoms with E-state index < -0.39 is 6.04 Å². The van der Waals surface area contributed by atoms with Crippen LogP contribution in [0.15, 0.2) is 48.5 Å². The van der Waals surface area contributed by atoms with Crippen LogP contribution in [-0.4, -0.2) is 35.4 Å². The summed E-state index contributed by atoms with van der Waals surface area (Å²) in [6, 6.07) is 12.9. The second-order valence-electron chi connectivity index (χ2n) is 7.56. The van der Waals surface area contributed by atoms with Crippen molar-refractivity contribution >= 4 is 34.4 Å². The van der Waals surface area contributed by atoms with Crippen LogP contribution in [0.25, 0.3) is 0 Å². The Bertz CT molecular complexity index is 852. The van der Waals surface area contributed by atoms with Gasteiger partial charge in [0.1, 0.15) is 17.6 Å². The lowest BCUT2D eigenvalue weighted by Crippen LogP contribution is -2.50. The normalized spacial score (nSPS) is 14.9. The van der Waals surface area contributed by atoms with Crippen LogP contribution in [0.4, 0.5) is 4.39 Å². The van der Waals surface area contributed by atoms with Gasteiger partial charge in [-0.25, -0.2) is 4.39 Å². The Kier molecular flexibility index (Phi) is 8.07. The average Bonchev–Trinajstić information content (AvgIpc) is 3.25. The first-order chi connectivity index (χ1) is 14.4. The minimum atomic E-state index is -0.663. The van der Waals surface area contributed by atoms with Crippen molar-refractivity contribution in [2.75, 3.05) is 6.61 Å². The first-order valence-electron chi connectivity index (χ1n) is 10.1. The largest absolute Gasteiger partial charge is 0.484 e. The van der Waals surface area contributed by atoms with E-state index in [4.69, 9.17) is 4.74 Å². The van der Waals surface area contributed by atoms with Crippen LogP contribution in [0.3, 0.4) is 0 Å². The number of carbonyl (C=O) groups excluding carboxylic acids is 2. The molecule has 0 spiro atoms. The van der Waals surface area contributed by atoms with Gasteiger partial charge in [-0.15, -0.1) is 0 Å². The summed E-state index contributed by atoms with van der Waals surface area (Å²) in [5, 5.41) is 3.05. The highest BCUT2D eigenvalue weighted by Gasteiger charge is 2.28. The lowest BCUT2D eigenvalue weighted by molar-refractivity contribution is -0.142. The summed E-state index contributed by atoms with van der Waals surface area (Å²) in [5.41, 5.74) is 0.750. The summed E-state index contributed by atoms with van der Waals surface area (Å²) < 4.78 is 20.0. The molecule has 1 aliphatic carbocycles. The maximum absolute atomic E-state index is 13.3. The van der Waals surface area contributed by atoms with Gasteiger partial charge in [-0.3, -0.25) is 9.59 Å². The van der Waals surface area contributed by atoms with Crippen molar-refractivity contribution in [2.45, 2.75) is 51.2 Å². The van der Waals surface area contributed by atoms with E-state index >= 15 is 0 Å². The molecular formula is C23H26FIN2O3. The molecule has 0 aromatic heterocycles. The maximum atomic E-state index is 13.3. The predicted molar refractivity (Wildman–Crippen MR) is 121 cm³/mol. The molecule has 1 fully saturated rings. The van der Waals surface area contributed by atoms with Gasteiger partial charge in [0.2, 0.25) is 5.91 Å². The smallest absolute Gasteiger partial charge is 0.261 e. The van der Waals surface area contributed by atoms with E-state index in [1.807, 2.05) is 12.1 Å². The van der Waals surface area contributed by atoms with E-state index in [1.54, 1.807) is 31.2 Å². The zero-order valence-electron chi connectivity index (χ0n) is 16.9. The minimum absolute atomic E-state index is 0.172. The molecular weight excluding hydrogens is 498 g/mol. The summed E-state index contributed by atoms with van der Waals surface area (Å²) in [6.45, 7) is 1.74. The zero-order valence-corrected chi connectivity index (χ0v) is 19.1. The Labute approximate surface area is 190 Å². The number of halogens is 2. The Morgan fingerprint density at radius 3 is 2.40 bits per heavy atom. The fourth-order valence-corrected chi connectivity index (χ4v) is 3.88. The molecule has 1 aliphatic rings. The molecule has 0 radical (unpaired) electrons. The van der Waals surface area contributed by atoms with E-state index in [0.717, 1.165) is 34.8 Å². The summed E-state index contributed by atoms with van der Waals surface area (Å²) in [4.78, 5) is 27.3. The number of hydrogen-bond acceptors (Lipinski definition) is 3. The van der Waals surface area contributed by atoms with Crippen molar-refractivity contribution < 1.29 is 18.7 Å². The van der Waals surface area contributed by atoms with Crippen molar-refractivity contribution in [2.24, 2.45) is 0 Å². The molecule has 1 saturated carbocycles. The zero-order chi connectivity index (χ0) is 21.5. The monoisotopic (exact) mass is 524 g/mol. The highest BCUT2D eigenvalue weighted by Crippen LogP contribution is 2.19. The van der Waals surface area contributed by atoms with Crippen LogP contribution in [0.5, 0.6) is 5.75 Å². The lowest BCUT2D eigenvalue weighted by Gasteiger charge is -2.29. The highest BCUT2D eigenvalue weighted by molar-refractivity contribution is 14.1. The van der Waals surface area contributed by atoms with Crippen molar-refractivity contribution in [1.82, 2.24) is 10.2 Å². The molecule has 1 atom stereocenters. The molecule has 1 N–H and O–H groups in total. The third-order valence-electron chi connectivity index (χ3n) is 5.31. The van der Waals surface area contributed by atoms with Crippen LogP contribution in [0, 0.1) is 9.39 Å². The molecule has 160 valence electrons. The summed E-state index contributed by atoms with van der Waals surface area (Å²) >= 11 is 2.20. The first kappa shape index (κ1) is 22.5. The number of carbonyl (C=O) groups is 2. The van der Waals surface area contributed by atoms with Crippen LogP contribution >= 0.6 is 22.6 Å². The number of benzene rings is 2. The quantitative estimate of drug-likeness (QED) is 0.525. The number of nitrogens with zero attached hydrogens (tertiary/aromatic N) is 1. The maximum Gasteiger partial charge on any atom is 0.261 e. The lowest BCUT2D eigenvalue weighted by atomic mass is 10.1. The number of nitrogens with one attached hydrogen (secondary N) is 1. The topological polar surface area (TPSA) is 58.6 Å². The third kappa shape index (κ3) is 6.42. The molecule has 2 amide bonds. The molecule has 0 aliphatic heterocycles. The van der Waals surface area contributed by atoms with Gasteiger partial charge in [-0.05, 0) is 84.3 Å². The van der Waals surface area contributed by atoms with Crippen molar-refractivity contribution in [1.29, 1.82) is 0 Å². The van der Waals surface area contributed by atoms with Crippen LogP contribution < -0.4 is 10.1 Å². The van der Waals surface area contributed by atoms with E-state index in [-0.39, 0.29) is 36.8 Å². The number of amides is 2. The fraction of sp³-hybridized carbons (Fsp3) is 0.391. The summed E-state index contributed by atoms with van der Waals surface area (Å²) in [7, 11) is 0. The van der Waals surface area contributed by atoms with E-state index in [1.165, 1.54) is 17.0 Å². The van der Waals surface area contributed by atoms with Crippen molar-refractivity contribution in [3.05, 3.63) is 63.5 Å². The number of ether oxygens (including phenoxy) is 1. The van der Waals surface area contributed by atoms with Gasteiger partial charge in [0.25, 0.3) is 5.91 Å². The standard InChI is InChI=1S/C23H26FIN2O3/c1-16(23(29)26-20-4-2-3-5-20)27(14-17-6-8-18(24)9-7-17)22(28)15-30-21-12-10-19(25)11-13-21/h6-13,16,20H,2-5,14-15H2,1H3,(H,26,29). The number of rotatable bonds is 8. The van der Waals surface area contributed by atoms with Gasteiger partial charge >= 0.3 is 0 Å². The van der Waals surface area contributed by atoms with Gasteiger partial charge < -0.3 is 15.0 Å². The Hall–Kier alpha value is -2.16. The average molecular weight is 524 g/mol. The van der Waals surface area contributed by atoms with Crippen molar-refractivity contribution in [3.8, 4) is 5.75 Å². The highest BCUT2D eigenvalue weighted by atomic mass is 127. The molecule has 1 unspecified atom stereocenters. The van der Waals surface area contributed by atoms with Crippen LogP contribution in [0.2, 0.25) is 0 Å². The fourth-order valence-electron chi connectivity index (χ4n) is 3.52. The molecule has 3 rings (SSSR count). The SMILES string of the molecule is CC(C(=O)NC1CCCC1)N(Cc1ccc(F)cc1)C(=O)COc1ccc(I)cc1. The van der Waals surface area contributed by atoms with Gasteiger partial charge in [0, 0.05) is 16.2 Å². The first-order valence-corrected chi connectivity index (χ1v) is 11.2. The van der Waals surface area contributed by atoms with E-state index in [9.17, 15) is 14.0 Å².